The van der Waals surface area contributed by atoms with Crippen molar-refractivity contribution in [1.82, 2.24) is 15.1 Å². The average molecular weight is 344 g/mol. The largest absolute Gasteiger partial charge is 0.317 e. The van der Waals surface area contributed by atoms with Gasteiger partial charge in [0.15, 0.2) is 0 Å². The van der Waals surface area contributed by atoms with Crippen molar-refractivity contribution in [3.63, 3.8) is 0 Å². The molecule has 0 aromatic carbocycles. The second kappa shape index (κ2) is 17.4. The number of nitrogens with one attached hydrogen (secondary N) is 1. The standard InChI is InChI=1S/C14H29N3.C2H4O.2C2H6/c1-12(2)16-10-6-14(7-11-16)17-8-4-13(15-3)5-9-17;1-2-3;2*1-2/h12-15H,4-11H2,1-3H3;2H,1H3;2*1-2H3. The Bertz CT molecular complexity index is 256. The van der Waals surface area contributed by atoms with Crippen LogP contribution in [0.3, 0.4) is 0 Å². The molecule has 2 aliphatic heterocycles. The van der Waals surface area contributed by atoms with Gasteiger partial charge >= 0.3 is 0 Å². The van der Waals surface area contributed by atoms with E-state index in [0.29, 0.717) is 0 Å². The van der Waals surface area contributed by atoms with E-state index in [1.54, 1.807) is 0 Å². The van der Waals surface area contributed by atoms with E-state index in [4.69, 9.17) is 4.79 Å². The minimum Gasteiger partial charge on any atom is -0.317 e. The molecule has 4 nitrogen and oxygen atoms in total. The molecule has 2 fully saturated rings. The molecule has 0 unspecified atom stereocenters. The van der Waals surface area contributed by atoms with Crippen LogP contribution in [0.2, 0.25) is 0 Å². The van der Waals surface area contributed by atoms with Gasteiger partial charge in [0.1, 0.15) is 6.29 Å². The predicted octanol–water partition coefficient (Wildman–Crippen LogP) is 3.80. The summed E-state index contributed by atoms with van der Waals surface area (Å²) in [4.78, 5) is 14.2. The van der Waals surface area contributed by atoms with E-state index in [1.807, 2.05) is 27.7 Å². The van der Waals surface area contributed by atoms with Crippen molar-refractivity contribution in [2.45, 2.75) is 92.3 Å². The molecule has 24 heavy (non-hydrogen) atoms. The molecule has 0 bridgehead atoms. The molecule has 0 aromatic heterocycles. The van der Waals surface area contributed by atoms with Crippen molar-refractivity contribution in [3.05, 3.63) is 0 Å². The summed E-state index contributed by atoms with van der Waals surface area (Å²) < 4.78 is 0. The fourth-order valence-corrected chi connectivity index (χ4v) is 3.32. The molecule has 0 atom stereocenters. The van der Waals surface area contributed by atoms with Crippen LogP contribution >= 0.6 is 0 Å². The van der Waals surface area contributed by atoms with Crippen LogP contribution in [0.1, 0.15) is 74.1 Å². The van der Waals surface area contributed by atoms with Crippen molar-refractivity contribution < 1.29 is 4.79 Å². The summed E-state index contributed by atoms with van der Waals surface area (Å²) >= 11 is 0. The summed E-state index contributed by atoms with van der Waals surface area (Å²) in [5.41, 5.74) is 0. The molecule has 0 aliphatic carbocycles. The van der Waals surface area contributed by atoms with Crippen LogP contribution < -0.4 is 5.32 Å². The van der Waals surface area contributed by atoms with Crippen LogP contribution in [0.4, 0.5) is 0 Å². The van der Waals surface area contributed by atoms with Gasteiger partial charge < -0.3 is 19.9 Å². The first-order valence-electron chi connectivity index (χ1n) is 10.2. The van der Waals surface area contributed by atoms with E-state index < -0.39 is 0 Å². The Hall–Kier alpha value is -0.450. The zero-order valence-electron chi connectivity index (χ0n) is 17.8. The Morgan fingerprint density at radius 2 is 1.33 bits per heavy atom. The highest BCUT2D eigenvalue weighted by Crippen LogP contribution is 2.21. The van der Waals surface area contributed by atoms with Crippen LogP contribution in [-0.4, -0.2) is 67.4 Å². The molecule has 1 N–H and O–H groups in total. The average Bonchev–Trinajstić information content (AvgIpc) is 2.66. The maximum Gasteiger partial charge on any atom is 0.116 e. The number of nitrogens with zero attached hydrogens (tertiary/aromatic N) is 2. The summed E-state index contributed by atoms with van der Waals surface area (Å²) in [6.07, 6.45) is 6.17. The number of carbonyl (C=O) groups excluding carboxylic acids is 1. The van der Waals surface area contributed by atoms with Gasteiger partial charge in [-0.2, -0.15) is 0 Å². The van der Waals surface area contributed by atoms with Gasteiger partial charge in [-0.25, -0.2) is 0 Å². The predicted molar refractivity (Wildman–Crippen MR) is 108 cm³/mol. The van der Waals surface area contributed by atoms with Crippen LogP contribution in [-0.2, 0) is 4.79 Å². The Morgan fingerprint density at radius 1 is 0.917 bits per heavy atom. The minimum absolute atomic E-state index is 0.728. The molecule has 2 saturated heterocycles. The van der Waals surface area contributed by atoms with Crippen molar-refractivity contribution in [2.75, 3.05) is 33.2 Å². The van der Waals surface area contributed by atoms with Gasteiger partial charge in [0, 0.05) is 18.1 Å². The summed E-state index contributed by atoms with van der Waals surface area (Å²) in [5, 5.41) is 3.41. The maximum absolute atomic E-state index is 8.81. The Labute approximate surface area is 152 Å². The minimum atomic E-state index is 0.728. The lowest BCUT2D eigenvalue weighted by molar-refractivity contribution is -0.106. The lowest BCUT2D eigenvalue weighted by atomic mass is 9.97. The topological polar surface area (TPSA) is 35.6 Å². The summed E-state index contributed by atoms with van der Waals surface area (Å²) in [7, 11) is 2.10. The molecule has 0 radical (unpaired) electrons. The lowest BCUT2D eigenvalue weighted by Gasteiger charge is -2.42. The number of aldehydes is 1. The number of piperidine rings is 2. The van der Waals surface area contributed by atoms with Gasteiger partial charge in [-0.05, 0) is 79.7 Å². The van der Waals surface area contributed by atoms with Gasteiger partial charge in [-0.1, -0.05) is 27.7 Å². The molecule has 2 aliphatic rings. The zero-order chi connectivity index (χ0) is 19.0. The lowest BCUT2D eigenvalue weighted by Crippen LogP contribution is -2.50. The van der Waals surface area contributed by atoms with Crippen LogP contribution in [0.15, 0.2) is 0 Å². The summed E-state index contributed by atoms with van der Waals surface area (Å²) in [6.45, 7) is 19.3. The third-order valence-electron chi connectivity index (χ3n) is 4.68. The number of hydrogen-bond acceptors (Lipinski definition) is 4. The summed E-state index contributed by atoms with van der Waals surface area (Å²) in [6, 6.07) is 2.36. The fourth-order valence-electron chi connectivity index (χ4n) is 3.32. The molecule has 0 amide bonds. The van der Waals surface area contributed by atoms with Crippen molar-refractivity contribution in [3.8, 4) is 0 Å². The Morgan fingerprint density at radius 3 is 1.67 bits per heavy atom. The molecule has 4 heteroatoms. The van der Waals surface area contributed by atoms with Crippen molar-refractivity contribution in [2.24, 2.45) is 0 Å². The van der Waals surface area contributed by atoms with E-state index in [-0.39, 0.29) is 0 Å². The third-order valence-corrected chi connectivity index (χ3v) is 4.68. The van der Waals surface area contributed by atoms with Gasteiger partial charge in [0.25, 0.3) is 0 Å². The zero-order valence-corrected chi connectivity index (χ0v) is 17.8. The highest BCUT2D eigenvalue weighted by molar-refractivity contribution is 5.44. The molecule has 0 saturated carbocycles. The van der Waals surface area contributed by atoms with Crippen molar-refractivity contribution >= 4 is 6.29 Å². The SMILES string of the molecule is CC.CC.CC=O.CNC1CCN(C2CCN(C(C)C)CC2)CC1. The molecular weight excluding hydrogens is 298 g/mol. The second-order valence-electron chi connectivity index (χ2n) is 6.20. The molecule has 2 heterocycles. The molecular formula is C20H45N3O. The maximum atomic E-state index is 8.81. The van der Waals surface area contributed by atoms with Gasteiger partial charge in [0.05, 0.1) is 0 Å². The number of rotatable bonds is 3. The van der Waals surface area contributed by atoms with Gasteiger partial charge in [-0.15, -0.1) is 0 Å². The van der Waals surface area contributed by atoms with Crippen LogP contribution in [0, 0.1) is 0 Å². The first kappa shape index (κ1) is 25.8. The number of hydrogen-bond donors (Lipinski definition) is 1. The van der Waals surface area contributed by atoms with Gasteiger partial charge in [0.2, 0.25) is 0 Å². The first-order chi connectivity index (χ1) is 11.6. The molecule has 2 rings (SSSR count). The third kappa shape index (κ3) is 10.4. The number of carbonyl (C=O) groups is 1. The smallest absolute Gasteiger partial charge is 0.116 e. The molecule has 0 spiro atoms. The van der Waals surface area contributed by atoms with Crippen LogP contribution in [0.25, 0.3) is 0 Å². The quantitative estimate of drug-likeness (QED) is 0.791. The van der Waals surface area contributed by atoms with E-state index in [9.17, 15) is 0 Å². The highest BCUT2D eigenvalue weighted by Gasteiger charge is 2.28. The summed E-state index contributed by atoms with van der Waals surface area (Å²) in [5.74, 6) is 0. The molecule has 0 aromatic rings. The monoisotopic (exact) mass is 343 g/mol. The Balaban J connectivity index is 0. The second-order valence-corrected chi connectivity index (χ2v) is 6.20. The normalized spacial score (nSPS) is 20.0. The number of likely N-dealkylation sites (tertiary alicyclic amines) is 2. The fraction of sp³-hybridized carbons (Fsp3) is 0.950. The van der Waals surface area contributed by atoms with E-state index >= 15 is 0 Å². The van der Waals surface area contributed by atoms with E-state index in [2.05, 4.69) is 36.0 Å². The van der Waals surface area contributed by atoms with Gasteiger partial charge in [-0.3, -0.25) is 0 Å². The van der Waals surface area contributed by atoms with E-state index in [1.165, 1.54) is 58.8 Å². The van der Waals surface area contributed by atoms with Crippen molar-refractivity contribution in [1.29, 1.82) is 0 Å². The van der Waals surface area contributed by atoms with E-state index in [0.717, 1.165) is 24.4 Å². The Kier molecular flexibility index (Phi) is 18.7. The molecule has 146 valence electrons. The van der Waals surface area contributed by atoms with Crippen LogP contribution in [0.5, 0.6) is 0 Å². The first-order valence-corrected chi connectivity index (χ1v) is 10.2. The highest BCUT2D eigenvalue weighted by atomic mass is 16.1.